The van der Waals surface area contributed by atoms with Crippen molar-refractivity contribution in [2.45, 2.75) is 19.4 Å². The van der Waals surface area contributed by atoms with E-state index in [0.717, 1.165) is 13.1 Å². The number of amides is 2. The van der Waals surface area contributed by atoms with E-state index in [2.05, 4.69) is 5.32 Å². The number of aliphatic carboxylic acids is 1. The van der Waals surface area contributed by atoms with Crippen LogP contribution in [0.5, 0.6) is 0 Å². The standard InChI is InChI=1S/C10H19N3O3/c1-10(2,8(14)15)12(3)9(16)13-6-4-11-5-7-13/h11H,4-7H2,1-3H3,(H,14,15). The van der Waals surface area contributed by atoms with E-state index in [0.29, 0.717) is 13.1 Å². The summed E-state index contributed by atoms with van der Waals surface area (Å²) in [4.78, 5) is 26.0. The summed E-state index contributed by atoms with van der Waals surface area (Å²) in [6.07, 6.45) is 0. The molecule has 0 aromatic carbocycles. The molecule has 0 aromatic rings. The van der Waals surface area contributed by atoms with Crippen molar-refractivity contribution in [2.24, 2.45) is 0 Å². The first-order valence-corrected chi connectivity index (χ1v) is 5.34. The first-order valence-electron chi connectivity index (χ1n) is 5.34. The Morgan fingerprint density at radius 3 is 2.25 bits per heavy atom. The van der Waals surface area contributed by atoms with Crippen LogP contribution < -0.4 is 5.32 Å². The number of carbonyl (C=O) groups is 2. The van der Waals surface area contributed by atoms with Gasteiger partial charge < -0.3 is 20.2 Å². The third-order valence-corrected chi connectivity index (χ3v) is 3.04. The number of carboxylic acid groups (broad SMARTS) is 1. The second kappa shape index (κ2) is 4.69. The second-order valence-corrected chi connectivity index (χ2v) is 4.44. The van der Waals surface area contributed by atoms with Crippen LogP contribution in [-0.2, 0) is 4.79 Å². The molecular weight excluding hydrogens is 210 g/mol. The molecule has 0 unspecified atom stereocenters. The lowest BCUT2D eigenvalue weighted by Gasteiger charge is -2.37. The van der Waals surface area contributed by atoms with Gasteiger partial charge in [0, 0.05) is 33.2 Å². The van der Waals surface area contributed by atoms with E-state index < -0.39 is 11.5 Å². The molecule has 92 valence electrons. The molecule has 0 aliphatic carbocycles. The van der Waals surface area contributed by atoms with Crippen LogP contribution in [0.2, 0.25) is 0 Å². The van der Waals surface area contributed by atoms with Crippen molar-refractivity contribution < 1.29 is 14.7 Å². The van der Waals surface area contributed by atoms with Crippen molar-refractivity contribution in [1.29, 1.82) is 0 Å². The average Bonchev–Trinajstić information content (AvgIpc) is 2.28. The van der Waals surface area contributed by atoms with Crippen molar-refractivity contribution >= 4 is 12.0 Å². The van der Waals surface area contributed by atoms with Crippen LogP contribution in [0.1, 0.15) is 13.8 Å². The van der Waals surface area contributed by atoms with Gasteiger partial charge in [-0.2, -0.15) is 0 Å². The quantitative estimate of drug-likeness (QED) is 0.688. The summed E-state index contributed by atoms with van der Waals surface area (Å²) in [6, 6.07) is -0.228. The molecule has 0 saturated carbocycles. The van der Waals surface area contributed by atoms with E-state index in [9.17, 15) is 9.59 Å². The van der Waals surface area contributed by atoms with Gasteiger partial charge in [0.2, 0.25) is 0 Å². The molecule has 1 saturated heterocycles. The van der Waals surface area contributed by atoms with E-state index in [4.69, 9.17) is 5.11 Å². The molecule has 1 rings (SSSR count). The van der Waals surface area contributed by atoms with Gasteiger partial charge in [-0.25, -0.2) is 9.59 Å². The Kier molecular flexibility index (Phi) is 3.74. The topological polar surface area (TPSA) is 72.9 Å². The fourth-order valence-corrected chi connectivity index (χ4v) is 1.45. The summed E-state index contributed by atoms with van der Waals surface area (Å²) in [5, 5.41) is 12.2. The summed E-state index contributed by atoms with van der Waals surface area (Å²) >= 11 is 0. The average molecular weight is 229 g/mol. The number of rotatable bonds is 2. The van der Waals surface area contributed by atoms with Crippen LogP contribution in [0.25, 0.3) is 0 Å². The number of nitrogens with one attached hydrogen (secondary N) is 1. The number of hydrogen-bond acceptors (Lipinski definition) is 3. The van der Waals surface area contributed by atoms with E-state index in [1.165, 1.54) is 25.8 Å². The van der Waals surface area contributed by atoms with E-state index in [1.807, 2.05) is 0 Å². The van der Waals surface area contributed by atoms with Gasteiger partial charge in [-0.1, -0.05) is 0 Å². The minimum absolute atomic E-state index is 0.228. The fourth-order valence-electron chi connectivity index (χ4n) is 1.45. The SMILES string of the molecule is CN(C(=O)N1CCNCC1)C(C)(C)C(=O)O. The Balaban J connectivity index is 2.69. The first kappa shape index (κ1) is 12.8. The molecule has 2 amide bonds. The highest BCUT2D eigenvalue weighted by Gasteiger charge is 2.37. The molecular formula is C10H19N3O3. The molecule has 6 heteroatoms. The van der Waals surface area contributed by atoms with Gasteiger partial charge in [0.05, 0.1) is 0 Å². The van der Waals surface area contributed by atoms with Crippen molar-refractivity contribution in [2.75, 3.05) is 33.2 Å². The third kappa shape index (κ3) is 2.44. The maximum absolute atomic E-state index is 12.0. The Morgan fingerprint density at radius 2 is 1.81 bits per heavy atom. The van der Waals surface area contributed by atoms with Crippen molar-refractivity contribution in [3.63, 3.8) is 0 Å². The maximum atomic E-state index is 12.0. The van der Waals surface area contributed by atoms with Crippen molar-refractivity contribution in [3.8, 4) is 0 Å². The second-order valence-electron chi connectivity index (χ2n) is 4.44. The highest BCUT2D eigenvalue weighted by atomic mass is 16.4. The van der Waals surface area contributed by atoms with Crippen LogP contribution in [0, 0.1) is 0 Å². The molecule has 1 aliphatic heterocycles. The van der Waals surface area contributed by atoms with Gasteiger partial charge in [0.25, 0.3) is 0 Å². The van der Waals surface area contributed by atoms with E-state index >= 15 is 0 Å². The molecule has 0 aromatic heterocycles. The minimum Gasteiger partial charge on any atom is -0.480 e. The summed E-state index contributed by atoms with van der Waals surface area (Å²) in [7, 11) is 1.53. The van der Waals surface area contributed by atoms with E-state index in [1.54, 1.807) is 4.90 Å². The van der Waals surface area contributed by atoms with Gasteiger partial charge in [0.15, 0.2) is 0 Å². The smallest absolute Gasteiger partial charge is 0.329 e. The Bertz CT molecular complexity index is 285. The van der Waals surface area contributed by atoms with Gasteiger partial charge in [-0.05, 0) is 13.8 Å². The third-order valence-electron chi connectivity index (χ3n) is 3.04. The largest absolute Gasteiger partial charge is 0.480 e. The lowest BCUT2D eigenvalue weighted by molar-refractivity contribution is -0.147. The molecule has 2 N–H and O–H groups in total. The Labute approximate surface area is 95.2 Å². The Morgan fingerprint density at radius 1 is 1.31 bits per heavy atom. The number of piperazine rings is 1. The zero-order valence-electron chi connectivity index (χ0n) is 9.99. The first-order chi connectivity index (χ1) is 7.37. The summed E-state index contributed by atoms with van der Waals surface area (Å²) in [5.41, 5.74) is -1.18. The predicted molar refractivity (Wildman–Crippen MR) is 59.3 cm³/mol. The zero-order chi connectivity index (χ0) is 12.3. The van der Waals surface area contributed by atoms with E-state index in [-0.39, 0.29) is 6.03 Å². The molecule has 0 spiro atoms. The number of likely N-dealkylation sites (N-methyl/N-ethyl adjacent to an activating group) is 1. The van der Waals surface area contributed by atoms with Crippen molar-refractivity contribution in [1.82, 2.24) is 15.1 Å². The number of nitrogens with zero attached hydrogens (tertiary/aromatic N) is 2. The Hall–Kier alpha value is -1.30. The van der Waals surface area contributed by atoms with Gasteiger partial charge in [-0.15, -0.1) is 0 Å². The molecule has 1 aliphatic rings. The van der Waals surface area contributed by atoms with Crippen LogP contribution in [0.3, 0.4) is 0 Å². The highest BCUT2D eigenvalue weighted by Crippen LogP contribution is 2.15. The number of carbonyl (C=O) groups excluding carboxylic acids is 1. The number of urea groups is 1. The van der Waals surface area contributed by atoms with Gasteiger partial charge >= 0.3 is 12.0 Å². The van der Waals surface area contributed by atoms with Gasteiger partial charge in [-0.3, -0.25) is 0 Å². The number of carboxylic acids is 1. The lowest BCUT2D eigenvalue weighted by Crippen LogP contribution is -2.58. The molecule has 6 nitrogen and oxygen atoms in total. The molecule has 0 radical (unpaired) electrons. The normalized spacial score (nSPS) is 17.1. The minimum atomic E-state index is -1.18. The molecule has 1 heterocycles. The zero-order valence-corrected chi connectivity index (χ0v) is 9.99. The lowest BCUT2D eigenvalue weighted by atomic mass is 10.0. The maximum Gasteiger partial charge on any atom is 0.329 e. The van der Waals surface area contributed by atoms with Crippen LogP contribution in [-0.4, -0.2) is 65.7 Å². The monoisotopic (exact) mass is 229 g/mol. The summed E-state index contributed by atoms with van der Waals surface area (Å²) in [6.45, 7) is 5.81. The highest BCUT2D eigenvalue weighted by molar-refractivity contribution is 5.85. The molecule has 0 atom stereocenters. The van der Waals surface area contributed by atoms with Gasteiger partial charge in [0.1, 0.15) is 5.54 Å². The summed E-state index contributed by atoms with van der Waals surface area (Å²) in [5.74, 6) is -1.00. The van der Waals surface area contributed by atoms with Crippen molar-refractivity contribution in [3.05, 3.63) is 0 Å². The number of hydrogen-bond donors (Lipinski definition) is 2. The molecule has 16 heavy (non-hydrogen) atoms. The predicted octanol–water partition coefficient (Wildman–Crippen LogP) is -0.193. The summed E-state index contributed by atoms with van der Waals surface area (Å²) < 4.78 is 0. The van der Waals surface area contributed by atoms with Crippen LogP contribution in [0.4, 0.5) is 4.79 Å². The van der Waals surface area contributed by atoms with Crippen LogP contribution in [0.15, 0.2) is 0 Å². The van der Waals surface area contributed by atoms with Crippen LogP contribution >= 0.6 is 0 Å². The molecule has 1 fully saturated rings. The molecule has 0 bridgehead atoms. The fraction of sp³-hybridized carbons (Fsp3) is 0.800.